The van der Waals surface area contributed by atoms with Crippen LogP contribution < -0.4 is 4.90 Å². The molecule has 0 aliphatic rings. The molecular formula is C14H13N5O2. The monoisotopic (exact) mass is 283 g/mol. The minimum atomic E-state index is -0.406. The third-order valence-corrected chi connectivity index (χ3v) is 3.20. The molecule has 0 saturated carbocycles. The van der Waals surface area contributed by atoms with Crippen LogP contribution in [-0.2, 0) is 0 Å². The molecule has 7 heteroatoms. The van der Waals surface area contributed by atoms with Crippen molar-refractivity contribution in [3.63, 3.8) is 0 Å². The van der Waals surface area contributed by atoms with Gasteiger partial charge in [-0.2, -0.15) is 0 Å². The van der Waals surface area contributed by atoms with E-state index in [-0.39, 0.29) is 5.69 Å². The molecule has 0 radical (unpaired) electrons. The maximum atomic E-state index is 10.9. The van der Waals surface area contributed by atoms with Crippen LogP contribution >= 0.6 is 0 Å². The minimum Gasteiger partial charge on any atom is -0.362 e. The fraction of sp³-hybridized carbons (Fsp3) is 0.143. The van der Waals surface area contributed by atoms with Crippen LogP contribution in [0.5, 0.6) is 0 Å². The van der Waals surface area contributed by atoms with Crippen LogP contribution in [0.2, 0.25) is 0 Å². The highest BCUT2D eigenvalue weighted by molar-refractivity contribution is 5.91. The van der Waals surface area contributed by atoms with E-state index in [4.69, 9.17) is 0 Å². The number of benzene rings is 1. The second kappa shape index (κ2) is 4.86. The second-order valence-electron chi connectivity index (χ2n) is 4.84. The molecule has 0 spiro atoms. The van der Waals surface area contributed by atoms with Crippen LogP contribution in [0, 0.1) is 10.1 Å². The summed E-state index contributed by atoms with van der Waals surface area (Å²) in [7, 11) is 3.81. The number of nitrogens with zero attached hydrogens (tertiary/aromatic N) is 4. The lowest BCUT2D eigenvalue weighted by atomic mass is 10.1. The van der Waals surface area contributed by atoms with Crippen LogP contribution in [0.25, 0.3) is 22.3 Å². The van der Waals surface area contributed by atoms with Crippen molar-refractivity contribution in [2.75, 3.05) is 19.0 Å². The molecule has 3 aromatic rings. The Balaban J connectivity index is 2.15. The van der Waals surface area contributed by atoms with E-state index in [9.17, 15) is 10.1 Å². The molecule has 21 heavy (non-hydrogen) atoms. The summed E-state index contributed by atoms with van der Waals surface area (Å²) < 4.78 is 0. The van der Waals surface area contributed by atoms with E-state index in [1.807, 2.05) is 31.1 Å². The number of hydrogen-bond acceptors (Lipinski definition) is 5. The maximum Gasteiger partial charge on any atom is 0.270 e. The van der Waals surface area contributed by atoms with Gasteiger partial charge in [-0.3, -0.25) is 10.1 Å². The van der Waals surface area contributed by atoms with Gasteiger partial charge in [0.25, 0.3) is 5.69 Å². The maximum absolute atomic E-state index is 10.9. The largest absolute Gasteiger partial charge is 0.362 e. The van der Waals surface area contributed by atoms with Crippen LogP contribution in [-0.4, -0.2) is 34.0 Å². The zero-order valence-electron chi connectivity index (χ0n) is 11.6. The summed E-state index contributed by atoms with van der Waals surface area (Å²) in [5.41, 5.74) is 2.28. The van der Waals surface area contributed by atoms with Gasteiger partial charge in [-0.1, -0.05) is 12.1 Å². The molecule has 0 unspecified atom stereocenters. The molecule has 1 aromatic carbocycles. The zero-order chi connectivity index (χ0) is 15.0. The first kappa shape index (κ1) is 13.0. The lowest BCUT2D eigenvalue weighted by Gasteiger charge is -2.10. The first-order valence-electron chi connectivity index (χ1n) is 6.32. The molecule has 2 heterocycles. The van der Waals surface area contributed by atoms with Crippen LogP contribution in [0.15, 0.2) is 36.7 Å². The van der Waals surface area contributed by atoms with Crippen molar-refractivity contribution >= 4 is 22.5 Å². The van der Waals surface area contributed by atoms with Crippen molar-refractivity contribution in [3.8, 4) is 11.3 Å². The molecule has 106 valence electrons. The average molecular weight is 283 g/mol. The van der Waals surface area contributed by atoms with Crippen molar-refractivity contribution in [1.82, 2.24) is 15.0 Å². The van der Waals surface area contributed by atoms with Gasteiger partial charge in [-0.15, -0.1) is 0 Å². The second-order valence-corrected chi connectivity index (χ2v) is 4.84. The molecule has 0 fully saturated rings. The molecule has 2 aromatic heterocycles. The summed E-state index contributed by atoms with van der Waals surface area (Å²) in [5, 5.41) is 11.7. The van der Waals surface area contributed by atoms with E-state index >= 15 is 0 Å². The smallest absolute Gasteiger partial charge is 0.270 e. The van der Waals surface area contributed by atoms with Gasteiger partial charge in [0.2, 0.25) is 0 Å². The van der Waals surface area contributed by atoms with E-state index in [1.54, 1.807) is 6.07 Å². The number of non-ortho nitro benzene ring substituents is 1. The number of H-pyrrole nitrogens is 1. The zero-order valence-corrected chi connectivity index (χ0v) is 11.6. The molecule has 1 N–H and O–H groups in total. The van der Waals surface area contributed by atoms with Gasteiger partial charge >= 0.3 is 0 Å². The van der Waals surface area contributed by atoms with Crippen LogP contribution in [0.4, 0.5) is 11.5 Å². The minimum absolute atomic E-state index is 0.0603. The fourth-order valence-electron chi connectivity index (χ4n) is 2.23. The molecule has 0 bridgehead atoms. The third-order valence-electron chi connectivity index (χ3n) is 3.20. The molecule has 0 aliphatic carbocycles. The van der Waals surface area contributed by atoms with E-state index in [0.717, 1.165) is 22.5 Å². The Labute approximate surface area is 120 Å². The fourth-order valence-corrected chi connectivity index (χ4v) is 2.23. The number of anilines is 1. The molecule has 3 rings (SSSR count). The summed E-state index contributed by atoms with van der Waals surface area (Å²) in [6, 6.07) is 8.40. The van der Waals surface area contributed by atoms with E-state index < -0.39 is 4.92 Å². The van der Waals surface area contributed by atoms with Gasteiger partial charge in [0.1, 0.15) is 17.8 Å². The topological polar surface area (TPSA) is 88.0 Å². The average Bonchev–Trinajstić information content (AvgIpc) is 2.91. The molecule has 0 amide bonds. The first-order chi connectivity index (χ1) is 10.1. The summed E-state index contributed by atoms with van der Waals surface area (Å²) in [4.78, 5) is 24.0. The number of rotatable bonds is 3. The lowest BCUT2D eigenvalue weighted by Crippen LogP contribution is -2.10. The number of nitrogens with one attached hydrogen (secondary N) is 1. The van der Waals surface area contributed by atoms with E-state index in [0.29, 0.717) is 5.65 Å². The van der Waals surface area contributed by atoms with Gasteiger partial charge in [0.15, 0.2) is 0 Å². The summed E-state index contributed by atoms with van der Waals surface area (Å²) >= 11 is 0. The van der Waals surface area contributed by atoms with Gasteiger partial charge in [0.05, 0.1) is 10.3 Å². The summed E-state index contributed by atoms with van der Waals surface area (Å²) in [6.45, 7) is 0. The van der Waals surface area contributed by atoms with Crippen molar-refractivity contribution in [1.29, 1.82) is 0 Å². The predicted octanol–water partition coefficient (Wildman–Crippen LogP) is 2.60. The van der Waals surface area contributed by atoms with Crippen LogP contribution in [0.3, 0.4) is 0 Å². The van der Waals surface area contributed by atoms with Gasteiger partial charge in [-0.25, -0.2) is 9.97 Å². The van der Waals surface area contributed by atoms with Crippen molar-refractivity contribution in [3.05, 3.63) is 46.8 Å². The van der Waals surface area contributed by atoms with Crippen molar-refractivity contribution in [2.45, 2.75) is 0 Å². The van der Waals surface area contributed by atoms with E-state index in [2.05, 4.69) is 15.0 Å². The predicted molar refractivity (Wildman–Crippen MR) is 80.3 cm³/mol. The standard InChI is InChI=1S/C14H13N5O2/c1-18(2)14-11-7-12(17-13(11)15-8-16-14)9-4-3-5-10(6-9)19(20)21/h3-8H,1-2H3,(H,15,16,17). The number of nitro benzene ring substituents is 1. The highest BCUT2D eigenvalue weighted by atomic mass is 16.6. The highest BCUT2D eigenvalue weighted by Crippen LogP contribution is 2.29. The Morgan fingerprint density at radius 1 is 1.24 bits per heavy atom. The Morgan fingerprint density at radius 2 is 2.05 bits per heavy atom. The number of fused-ring (bicyclic) bond motifs is 1. The Kier molecular flexibility index (Phi) is 3.02. The number of nitro groups is 1. The molecular weight excluding hydrogens is 270 g/mol. The quantitative estimate of drug-likeness (QED) is 0.589. The SMILES string of the molecule is CN(C)c1ncnc2[nH]c(-c3cccc([N+](=O)[O-])c3)cc12. The Bertz CT molecular complexity index is 825. The number of aromatic nitrogens is 3. The Hall–Kier alpha value is -2.96. The van der Waals surface area contributed by atoms with Crippen LogP contribution in [0.1, 0.15) is 0 Å². The molecule has 0 aliphatic heterocycles. The summed E-state index contributed by atoms with van der Waals surface area (Å²) in [5.74, 6) is 0.799. The van der Waals surface area contributed by atoms with Gasteiger partial charge in [-0.05, 0) is 6.07 Å². The highest BCUT2D eigenvalue weighted by Gasteiger charge is 2.12. The van der Waals surface area contributed by atoms with Crippen molar-refractivity contribution < 1.29 is 4.92 Å². The van der Waals surface area contributed by atoms with Gasteiger partial charge < -0.3 is 9.88 Å². The third kappa shape index (κ3) is 2.29. The lowest BCUT2D eigenvalue weighted by molar-refractivity contribution is -0.384. The number of aromatic amines is 1. The normalized spacial score (nSPS) is 10.8. The van der Waals surface area contributed by atoms with Gasteiger partial charge in [0, 0.05) is 37.5 Å². The first-order valence-corrected chi connectivity index (χ1v) is 6.32. The summed E-state index contributed by atoms with van der Waals surface area (Å²) in [6.07, 6.45) is 1.49. The Morgan fingerprint density at radius 3 is 2.76 bits per heavy atom. The molecule has 0 saturated heterocycles. The molecule has 0 atom stereocenters. The van der Waals surface area contributed by atoms with E-state index in [1.165, 1.54) is 18.5 Å². The molecule has 7 nitrogen and oxygen atoms in total. The van der Waals surface area contributed by atoms with Crippen molar-refractivity contribution in [2.24, 2.45) is 0 Å². The number of hydrogen-bond donors (Lipinski definition) is 1.